The molecule has 2 amide bonds. The zero-order valence-corrected chi connectivity index (χ0v) is 53.6. The van der Waals surface area contributed by atoms with Crippen LogP contribution >= 0.6 is 0 Å². The Morgan fingerprint density at radius 3 is 1.56 bits per heavy atom. The Morgan fingerprint density at radius 1 is 0.535 bits per heavy atom. The highest BCUT2D eigenvalue weighted by Gasteiger charge is 2.39. The van der Waals surface area contributed by atoms with Crippen LogP contribution in [-0.2, 0) is 24.0 Å². The number of carboxylic acids is 5. The number of nitrogens with one attached hydrogen (secondary N) is 2. The Hall–Kier alpha value is -12.2. The van der Waals surface area contributed by atoms with Crippen molar-refractivity contribution in [2.45, 2.75) is 12.8 Å². The quantitative estimate of drug-likeness (QED) is 0.0209. The normalized spacial score (nSPS) is 15.0. The van der Waals surface area contributed by atoms with Gasteiger partial charge in [-0.3, -0.25) is 24.0 Å². The molecule has 6 aliphatic heterocycles. The zero-order chi connectivity index (χ0) is 68.8. The van der Waals surface area contributed by atoms with Crippen LogP contribution in [0.15, 0.2) is 167 Å². The van der Waals surface area contributed by atoms with Gasteiger partial charge in [0, 0.05) is 131 Å². The fourth-order valence-electron chi connectivity index (χ4n) is 13.4. The number of ether oxygens (including phenoxy) is 2. The number of carbonyl (C=O) groups is 7. The van der Waals surface area contributed by atoms with Crippen LogP contribution in [0.2, 0.25) is 0 Å². The number of anilines is 6. The number of carbonyl (C=O) groups excluding carboxylic acids is 3. The molecular formula is C75H67N8O16+. The van der Waals surface area contributed by atoms with Crippen LogP contribution in [0, 0.1) is 11.8 Å². The van der Waals surface area contributed by atoms with Crippen LogP contribution in [0.4, 0.5) is 34.1 Å². The van der Waals surface area contributed by atoms with Gasteiger partial charge in [0.15, 0.2) is 19.0 Å². The smallest absolute Gasteiger partial charge is 0.336 e. The summed E-state index contributed by atoms with van der Waals surface area (Å²) in [6, 6.07) is 46.2. The lowest BCUT2D eigenvalue weighted by Gasteiger charge is -2.40. The molecule has 0 radical (unpaired) electrons. The molecule has 2 aliphatic carbocycles. The molecule has 0 saturated carbocycles. The number of hydrogen-bond acceptors (Lipinski definition) is 16. The molecule has 4 fully saturated rings. The van der Waals surface area contributed by atoms with Crippen LogP contribution < -0.4 is 64.7 Å². The van der Waals surface area contributed by atoms with E-state index >= 15 is 0 Å². The van der Waals surface area contributed by atoms with Crippen LogP contribution in [0.25, 0.3) is 66.8 Å². The molecule has 6 heterocycles. The molecule has 0 atom stereocenters. The fraction of sp³-hybridized carbons (Fsp3) is 0.240. The third-order valence-electron chi connectivity index (χ3n) is 18.7. The summed E-state index contributed by atoms with van der Waals surface area (Å²) in [6.07, 6.45) is 2.17. The summed E-state index contributed by atoms with van der Waals surface area (Å²) < 4.78 is 30.0. The van der Waals surface area contributed by atoms with E-state index < -0.39 is 61.3 Å². The first-order valence-corrected chi connectivity index (χ1v) is 32.5. The van der Waals surface area contributed by atoms with Crippen molar-refractivity contribution in [3.8, 4) is 56.4 Å². The maximum absolute atomic E-state index is 14.0. The standard InChI is InChI=1S/C75H66N8O16/c1-78(40-67(84)85)59-22-12-45(76-72(90)43-36-81(37-43)49-16-20-57-63(34-49)98-61-32-47(79-24-6-25-79)14-18-55(61)70(57)51-8-2-4-10-53(51)74(92)93)30-65(59)96-28-29-97-66-31-46(13-23-60(66)83(41-68(86)87)42-69(88)89)77-73(91)44-38-82(39-44)50-17-21-58-64(35-50)99-62-33-48(80-26-7-27-80)15-19-56(62)71(58)52-9-3-5-11-54(52)75(94)95/h2-5,8-23,30-35,43-44H,6-7,24-29,36-42H2,1H3,(H5-2,76,77,84,85,86,87,88,89,90,91,92,93,94,95)/p+1. The number of likely N-dealkylation sites (N-methyl/N-ethyl adjacent to an activating group) is 1. The molecular weight excluding hydrogens is 1270 g/mol. The molecule has 8 aliphatic rings. The molecule has 24 nitrogen and oxygen atoms in total. The van der Waals surface area contributed by atoms with Crippen LogP contribution in [-0.4, -0.2) is 154 Å². The predicted molar refractivity (Wildman–Crippen MR) is 368 cm³/mol. The van der Waals surface area contributed by atoms with E-state index in [2.05, 4.69) is 20.1 Å². The van der Waals surface area contributed by atoms with E-state index in [-0.39, 0.29) is 59.0 Å². The van der Waals surface area contributed by atoms with Gasteiger partial charge in [0.1, 0.15) is 80.1 Å². The van der Waals surface area contributed by atoms with Gasteiger partial charge in [-0.25, -0.2) is 13.9 Å². The van der Waals surface area contributed by atoms with Gasteiger partial charge in [-0.2, -0.15) is 0 Å². The predicted octanol–water partition coefficient (Wildman–Crippen LogP) is 7.24. The Bertz CT molecular complexity index is 5020. The number of aromatic carboxylic acids is 2. The Kier molecular flexibility index (Phi) is 17.3. The number of hydrogen-bond donors (Lipinski definition) is 6. The summed E-state index contributed by atoms with van der Waals surface area (Å²) in [5.74, 6) is -6.30. The topological polar surface area (TPSA) is 311 Å². The highest BCUT2D eigenvalue weighted by Crippen LogP contribution is 2.45. The van der Waals surface area contributed by atoms with Gasteiger partial charge in [-0.1, -0.05) is 42.5 Å². The molecule has 14 rings (SSSR count). The van der Waals surface area contributed by atoms with Crippen molar-refractivity contribution in [3.63, 3.8) is 0 Å². The summed E-state index contributed by atoms with van der Waals surface area (Å²) in [6.45, 7) is 2.81. The SMILES string of the molecule is CN(CC(=O)O)c1ccc(NC(=O)C2C[N+](=c3ccc4c(-c5ccccc5C(=O)[O-])c5ccc(N6CCC6)cc5oc-4c3)C2)cc1OCCOc1cc(NC(=O)C2CN(c3ccc4c(-c5ccccc5C(=O)O)c5ccc(=[N+]6CCC6)cc-5oc4c3)C2)ccc1N(CC(=O)O)CC(=O)O. The Labute approximate surface area is 565 Å². The maximum Gasteiger partial charge on any atom is 0.336 e. The summed E-state index contributed by atoms with van der Waals surface area (Å²) in [4.78, 5) is 95.9. The maximum atomic E-state index is 14.0. The second-order valence-electron chi connectivity index (χ2n) is 25.2. The molecule has 24 heteroatoms. The van der Waals surface area contributed by atoms with Crippen molar-refractivity contribution in [1.29, 1.82) is 0 Å². The van der Waals surface area contributed by atoms with Crippen molar-refractivity contribution >= 4 is 97.7 Å². The number of aliphatic carboxylic acids is 3. The van der Waals surface area contributed by atoms with E-state index in [0.29, 0.717) is 87.9 Å². The van der Waals surface area contributed by atoms with Gasteiger partial charge in [-0.15, -0.1) is 0 Å². The largest absolute Gasteiger partial charge is 0.545 e. The summed E-state index contributed by atoms with van der Waals surface area (Å²) in [7, 11) is 1.56. The first kappa shape index (κ1) is 64.1. The third-order valence-corrected chi connectivity index (χ3v) is 18.7. The van der Waals surface area contributed by atoms with Crippen LogP contribution in [0.5, 0.6) is 11.5 Å². The van der Waals surface area contributed by atoms with E-state index in [9.17, 15) is 59.1 Å². The zero-order valence-electron chi connectivity index (χ0n) is 53.6. The second kappa shape index (κ2) is 26.8. The molecule has 4 saturated heterocycles. The summed E-state index contributed by atoms with van der Waals surface area (Å²) in [5, 5.41) is 61.3. The minimum absolute atomic E-state index is 0.0227. The molecule has 0 spiro atoms. The van der Waals surface area contributed by atoms with Crippen molar-refractivity contribution in [3.05, 3.63) is 180 Å². The number of amides is 2. The van der Waals surface area contributed by atoms with Gasteiger partial charge >= 0.3 is 23.9 Å². The number of benzene rings is 8. The van der Waals surface area contributed by atoms with E-state index in [1.165, 1.54) is 29.2 Å². The van der Waals surface area contributed by atoms with E-state index in [1.54, 1.807) is 61.6 Å². The van der Waals surface area contributed by atoms with Crippen molar-refractivity contribution < 1.29 is 77.4 Å². The van der Waals surface area contributed by atoms with Gasteiger partial charge in [0.25, 0.3) is 0 Å². The molecule has 6 aromatic carbocycles. The lowest BCUT2D eigenvalue weighted by molar-refractivity contribution is -0.255. The Morgan fingerprint density at radius 2 is 1.04 bits per heavy atom. The summed E-state index contributed by atoms with van der Waals surface area (Å²) >= 11 is 0. The van der Waals surface area contributed by atoms with Gasteiger partial charge in [0.2, 0.25) is 22.5 Å². The van der Waals surface area contributed by atoms with Gasteiger partial charge < -0.3 is 78.9 Å². The average Bonchev–Trinajstić information content (AvgIpc) is 0.746. The average molecular weight is 1340 g/mol. The highest BCUT2D eigenvalue weighted by atomic mass is 16.5. The molecule has 0 bridgehead atoms. The number of fused-ring (bicyclic) bond motifs is 4. The lowest BCUT2D eigenvalue weighted by atomic mass is 9.90. The molecule has 0 unspecified atom stereocenters. The van der Waals surface area contributed by atoms with Gasteiger partial charge in [-0.05, 0) is 84.3 Å². The Balaban J connectivity index is 0.665. The van der Waals surface area contributed by atoms with Crippen molar-refractivity contribution in [1.82, 2.24) is 9.15 Å². The molecule has 6 N–H and O–H groups in total. The number of nitrogens with zero attached hydrogens (tertiary/aromatic N) is 6. The molecule has 99 heavy (non-hydrogen) atoms. The third kappa shape index (κ3) is 13.1. The van der Waals surface area contributed by atoms with E-state index in [0.717, 1.165) is 82.5 Å². The van der Waals surface area contributed by atoms with E-state index in [4.69, 9.17) is 18.3 Å². The minimum atomic E-state index is -1.31. The van der Waals surface area contributed by atoms with Gasteiger partial charge in [0.05, 0.1) is 47.4 Å². The lowest BCUT2D eigenvalue weighted by Crippen LogP contribution is -2.53. The monoisotopic (exact) mass is 1340 g/mol. The molecule has 0 aromatic heterocycles. The fourth-order valence-corrected chi connectivity index (χ4v) is 13.4. The molecule has 6 aromatic rings. The van der Waals surface area contributed by atoms with Crippen LogP contribution in [0.3, 0.4) is 0 Å². The summed E-state index contributed by atoms with van der Waals surface area (Å²) in [5.41, 5.74) is 8.14. The number of carboxylic acid groups (broad SMARTS) is 5. The van der Waals surface area contributed by atoms with E-state index in [1.807, 2.05) is 88.3 Å². The second-order valence-corrected chi connectivity index (χ2v) is 25.2. The van der Waals surface area contributed by atoms with Crippen molar-refractivity contribution in [2.75, 3.05) is 122 Å². The minimum Gasteiger partial charge on any atom is -0.545 e. The number of rotatable bonds is 23. The van der Waals surface area contributed by atoms with Crippen LogP contribution in [0.1, 0.15) is 33.6 Å². The molecule has 502 valence electrons. The van der Waals surface area contributed by atoms with Crippen molar-refractivity contribution in [2.24, 2.45) is 11.8 Å². The first-order valence-electron chi connectivity index (χ1n) is 32.5. The highest BCUT2D eigenvalue weighted by molar-refractivity contribution is 6.09. The first-order chi connectivity index (χ1) is 47.9.